The average Bonchev–Trinajstić information content (AvgIpc) is 2.32. The molecule has 5 heteroatoms. The maximum absolute atomic E-state index is 11.4. The lowest BCUT2D eigenvalue weighted by atomic mass is 9.76. The van der Waals surface area contributed by atoms with E-state index < -0.39 is 9.84 Å². The fourth-order valence-corrected chi connectivity index (χ4v) is 3.30. The van der Waals surface area contributed by atoms with E-state index in [4.69, 9.17) is 11.6 Å². The Morgan fingerprint density at radius 3 is 2.74 bits per heavy atom. The van der Waals surface area contributed by atoms with Crippen molar-refractivity contribution in [1.82, 2.24) is 5.32 Å². The minimum atomic E-state index is -2.85. The van der Waals surface area contributed by atoms with E-state index in [2.05, 4.69) is 11.4 Å². The molecule has 2 rings (SSSR count). The van der Waals surface area contributed by atoms with Gasteiger partial charge in [0.05, 0.1) is 5.75 Å². The van der Waals surface area contributed by atoms with Gasteiger partial charge in [-0.1, -0.05) is 30.7 Å². The van der Waals surface area contributed by atoms with E-state index in [1.165, 1.54) is 5.56 Å². The van der Waals surface area contributed by atoms with Crippen molar-refractivity contribution in [3.05, 3.63) is 34.9 Å². The second-order valence-corrected chi connectivity index (χ2v) is 8.02. The smallest absolute Gasteiger partial charge is 0.151 e. The number of rotatable bonds is 6. The molecule has 0 spiro atoms. The maximum Gasteiger partial charge on any atom is 0.151 e. The summed E-state index contributed by atoms with van der Waals surface area (Å²) in [4.78, 5) is 0. The summed E-state index contributed by atoms with van der Waals surface area (Å²) in [7, 11) is -2.85. The Kier molecular flexibility index (Phi) is 4.87. The van der Waals surface area contributed by atoms with Gasteiger partial charge in [-0.2, -0.15) is 0 Å². The van der Waals surface area contributed by atoms with Crippen molar-refractivity contribution in [2.75, 3.05) is 18.1 Å². The van der Waals surface area contributed by atoms with Gasteiger partial charge in [-0.05, 0) is 36.5 Å². The fraction of sp³-hybridized carbons (Fsp3) is 0.571. The van der Waals surface area contributed by atoms with Crippen molar-refractivity contribution < 1.29 is 8.42 Å². The molecule has 1 aromatic rings. The molecule has 0 amide bonds. The lowest BCUT2D eigenvalue weighted by Crippen LogP contribution is -2.42. The Morgan fingerprint density at radius 2 is 2.11 bits per heavy atom. The molecule has 0 bridgehead atoms. The third kappa shape index (κ3) is 4.20. The van der Waals surface area contributed by atoms with Gasteiger partial charge in [-0.15, -0.1) is 0 Å². The highest BCUT2D eigenvalue weighted by molar-refractivity contribution is 7.91. The summed E-state index contributed by atoms with van der Waals surface area (Å²) >= 11 is 5.97. The quantitative estimate of drug-likeness (QED) is 0.878. The van der Waals surface area contributed by atoms with E-state index in [0.717, 1.165) is 17.9 Å². The monoisotopic (exact) mass is 301 g/mol. The molecular weight excluding hydrogens is 282 g/mol. The normalized spacial score (nSPS) is 23.1. The number of benzene rings is 1. The van der Waals surface area contributed by atoms with Crippen LogP contribution in [-0.4, -0.2) is 32.5 Å². The lowest BCUT2D eigenvalue weighted by Gasteiger charge is -2.36. The van der Waals surface area contributed by atoms with Gasteiger partial charge in [0.2, 0.25) is 0 Å². The lowest BCUT2D eigenvalue weighted by molar-refractivity contribution is 0.296. The van der Waals surface area contributed by atoms with Crippen LogP contribution in [0.3, 0.4) is 0 Å². The highest BCUT2D eigenvalue weighted by atomic mass is 35.5. The Balaban J connectivity index is 1.72. The Hall–Kier alpha value is -0.580. The SMILES string of the molecule is CCS(=O)(=O)CCNC1CC(c2cccc(Cl)c2)C1. The molecular formula is C14H20ClNO2S. The number of nitrogens with one attached hydrogen (secondary N) is 1. The molecule has 1 aliphatic rings. The van der Waals surface area contributed by atoms with Crippen LogP contribution in [-0.2, 0) is 9.84 Å². The highest BCUT2D eigenvalue weighted by Crippen LogP contribution is 2.37. The molecule has 0 radical (unpaired) electrons. The van der Waals surface area contributed by atoms with E-state index in [9.17, 15) is 8.42 Å². The van der Waals surface area contributed by atoms with Gasteiger partial charge in [-0.3, -0.25) is 0 Å². The van der Waals surface area contributed by atoms with E-state index >= 15 is 0 Å². The van der Waals surface area contributed by atoms with Crippen LogP contribution in [0.1, 0.15) is 31.2 Å². The third-order valence-corrected chi connectivity index (χ3v) is 5.68. The highest BCUT2D eigenvalue weighted by Gasteiger charge is 2.29. The molecule has 0 saturated heterocycles. The molecule has 1 aromatic carbocycles. The largest absolute Gasteiger partial charge is 0.313 e. The second kappa shape index (κ2) is 6.25. The Morgan fingerprint density at radius 1 is 1.37 bits per heavy atom. The first-order valence-corrected chi connectivity index (χ1v) is 8.89. The van der Waals surface area contributed by atoms with Crippen LogP contribution in [0, 0.1) is 0 Å². The van der Waals surface area contributed by atoms with Crippen molar-refractivity contribution in [3.8, 4) is 0 Å². The van der Waals surface area contributed by atoms with Gasteiger partial charge in [-0.25, -0.2) is 8.42 Å². The van der Waals surface area contributed by atoms with Crippen molar-refractivity contribution in [2.45, 2.75) is 31.7 Å². The van der Waals surface area contributed by atoms with Crippen LogP contribution < -0.4 is 5.32 Å². The van der Waals surface area contributed by atoms with E-state index in [0.29, 0.717) is 18.5 Å². The van der Waals surface area contributed by atoms with Gasteiger partial charge in [0, 0.05) is 23.4 Å². The standard InChI is InChI=1S/C14H20ClNO2S/c1-2-19(17,18)7-6-16-14-9-12(10-14)11-4-3-5-13(15)8-11/h3-5,8,12,14,16H,2,6-7,9-10H2,1H3. The van der Waals surface area contributed by atoms with E-state index in [1.807, 2.05) is 18.2 Å². The molecule has 106 valence electrons. The Labute approximate surface area is 120 Å². The topological polar surface area (TPSA) is 46.2 Å². The fourth-order valence-electron chi connectivity index (χ4n) is 2.38. The van der Waals surface area contributed by atoms with Gasteiger partial charge >= 0.3 is 0 Å². The van der Waals surface area contributed by atoms with Gasteiger partial charge in [0.25, 0.3) is 0 Å². The second-order valence-electron chi connectivity index (χ2n) is 5.11. The molecule has 1 N–H and O–H groups in total. The molecule has 1 aliphatic carbocycles. The molecule has 0 heterocycles. The minimum Gasteiger partial charge on any atom is -0.313 e. The zero-order valence-corrected chi connectivity index (χ0v) is 12.7. The van der Waals surface area contributed by atoms with Crippen molar-refractivity contribution >= 4 is 21.4 Å². The molecule has 0 unspecified atom stereocenters. The van der Waals surface area contributed by atoms with Crippen LogP contribution in [0.25, 0.3) is 0 Å². The summed E-state index contributed by atoms with van der Waals surface area (Å²) in [5, 5.41) is 4.09. The predicted octanol–water partition coefficient (Wildman–Crippen LogP) is 2.61. The minimum absolute atomic E-state index is 0.227. The van der Waals surface area contributed by atoms with Crippen LogP contribution >= 0.6 is 11.6 Å². The summed E-state index contributed by atoms with van der Waals surface area (Å²) in [5.41, 5.74) is 1.28. The summed E-state index contributed by atoms with van der Waals surface area (Å²) in [6, 6.07) is 8.43. The van der Waals surface area contributed by atoms with E-state index in [1.54, 1.807) is 6.92 Å². The number of hydrogen-bond acceptors (Lipinski definition) is 3. The summed E-state index contributed by atoms with van der Waals surface area (Å²) < 4.78 is 22.7. The molecule has 19 heavy (non-hydrogen) atoms. The summed E-state index contributed by atoms with van der Waals surface area (Å²) in [6.45, 7) is 2.25. The van der Waals surface area contributed by atoms with Crippen LogP contribution in [0.2, 0.25) is 5.02 Å². The van der Waals surface area contributed by atoms with Crippen molar-refractivity contribution in [3.63, 3.8) is 0 Å². The van der Waals surface area contributed by atoms with Crippen molar-refractivity contribution in [1.29, 1.82) is 0 Å². The third-order valence-electron chi connectivity index (χ3n) is 3.74. The molecule has 1 saturated carbocycles. The molecule has 0 atom stereocenters. The number of sulfone groups is 1. The van der Waals surface area contributed by atoms with Gasteiger partial charge < -0.3 is 5.32 Å². The first-order chi connectivity index (χ1) is 9.00. The predicted molar refractivity (Wildman–Crippen MR) is 79.5 cm³/mol. The van der Waals surface area contributed by atoms with Gasteiger partial charge in [0.1, 0.15) is 0 Å². The zero-order chi connectivity index (χ0) is 13.9. The number of halogens is 1. The first kappa shape index (κ1) is 14.8. The average molecular weight is 302 g/mol. The van der Waals surface area contributed by atoms with Crippen LogP contribution in [0.4, 0.5) is 0 Å². The molecule has 1 fully saturated rings. The van der Waals surface area contributed by atoms with E-state index in [-0.39, 0.29) is 11.5 Å². The summed E-state index contributed by atoms with van der Waals surface area (Å²) in [5.74, 6) is 1.02. The Bertz CT molecular complexity index is 524. The first-order valence-electron chi connectivity index (χ1n) is 6.69. The number of hydrogen-bond donors (Lipinski definition) is 1. The molecule has 0 aromatic heterocycles. The van der Waals surface area contributed by atoms with Crippen LogP contribution in [0.15, 0.2) is 24.3 Å². The maximum atomic E-state index is 11.4. The van der Waals surface area contributed by atoms with Gasteiger partial charge in [0.15, 0.2) is 9.84 Å². The molecule has 3 nitrogen and oxygen atoms in total. The zero-order valence-electron chi connectivity index (χ0n) is 11.1. The van der Waals surface area contributed by atoms with Crippen molar-refractivity contribution in [2.24, 2.45) is 0 Å². The molecule has 0 aliphatic heterocycles. The van der Waals surface area contributed by atoms with Crippen LogP contribution in [0.5, 0.6) is 0 Å². The summed E-state index contributed by atoms with van der Waals surface area (Å²) in [6.07, 6.45) is 2.12.